The van der Waals surface area contributed by atoms with Crippen molar-refractivity contribution >= 4 is 17.5 Å². The van der Waals surface area contributed by atoms with E-state index in [2.05, 4.69) is 26.3 Å². The summed E-state index contributed by atoms with van der Waals surface area (Å²) < 4.78 is 15.4. The van der Waals surface area contributed by atoms with E-state index in [4.69, 9.17) is 9.47 Å². The number of hydrogen-bond acceptors (Lipinski definition) is 6. The zero-order chi connectivity index (χ0) is 21.8. The maximum atomic E-state index is 13.1. The van der Waals surface area contributed by atoms with Gasteiger partial charge in [-0.25, -0.2) is 0 Å². The molecule has 1 aliphatic heterocycles. The summed E-state index contributed by atoms with van der Waals surface area (Å²) in [5.74, 6) is 3.78. The molecule has 0 saturated heterocycles. The summed E-state index contributed by atoms with van der Waals surface area (Å²) in [5, 5.41) is 9.79. The van der Waals surface area contributed by atoms with Gasteiger partial charge >= 0.3 is 0 Å². The van der Waals surface area contributed by atoms with Crippen molar-refractivity contribution in [1.29, 1.82) is 0 Å². The van der Waals surface area contributed by atoms with Gasteiger partial charge in [0, 0.05) is 35.5 Å². The number of carbonyl (C=O) groups excluding carboxylic acids is 1. The van der Waals surface area contributed by atoms with Crippen LogP contribution in [0.25, 0.3) is 0 Å². The van der Waals surface area contributed by atoms with E-state index < -0.39 is 0 Å². The molecule has 2 aliphatic carbocycles. The molecule has 8 heteroatoms. The van der Waals surface area contributed by atoms with Crippen LogP contribution in [0.1, 0.15) is 70.8 Å². The molecular formula is C24H26N4O3S. The fraction of sp³-hybridized carbons (Fsp3) is 0.458. The van der Waals surface area contributed by atoms with E-state index in [1.807, 2.05) is 31.2 Å². The van der Waals surface area contributed by atoms with Crippen molar-refractivity contribution < 1.29 is 14.3 Å². The first-order valence-electron chi connectivity index (χ1n) is 11.2. The first-order chi connectivity index (χ1) is 15.6. The number of nitrogens with zero attached hydrogens (tertiary/aromatic N) is 4. The van der Waals surface area contributed by atoms with Gasteiger partial charge in [-0.15, -0.1) is 10.2 Å². The van der Waals surface area contributed by atoms with Crippen molar-refractivity contribution in [3.63, 3.8) is 0 Å². The highest BCUT2D eigenvalue weighted by molar-refractivity contribution is 7.99. The van der Waals surface area contributed by atoms with Crippen molar-refractivity contribution in [3.05, 3.63) is 52.6 Å². The molecule has 3 aromatic rings. The SMILES string of the molecule is Cc1cc(C(=O)CSc2nnc(C3CC3)n2C2CC2)c(C)n1Cc1ccc2c(c1)OCO2. The molecule has 0 amide bonds. The normalized spacial score (nSPS) is 17.2. The number of ether oxygens (including phenoxy) is 2. The maximum absolute atomic E-state index is 13.1. The van der Waals surface area contributed by atoms with Gasteiger partial charge in [0.15, 0.2) is 22.4 Å². The third-order valence-electron chi connectivity index (χ3n) is 6.53. The Morgan fingerprint density at radius 1 is 1.09 bits per heavy atom. The molecule has 6 rings (SSSR count). The van der Waals surface area contributed by atoms with Crippen LogP contribution in [-0.2, 0) is 6.54 Å². The summed E-state index contributed by atoms with van der Waals surface area (Å²) in [5.41, 5.74) is 3.98. The van der Waals surface area contributed by atoms with Gasteiger partial charge in [0.2, 0.25) is 6.79 Å². The smallest absolute Gasteiger partial charge is 0.231 e. The van der Waals surface area contributed by atoms with Crippen LogP contribution >= 0.6 is 11.8 Å². The average molecular weight is 451 g/mol. The number of aromatic nitrogens is 4. The second-order valence-corrected chi connectivity index (χ2v) is 9.93. The zero-order valence-corrected chi connectivity index (χ0v) is 19.2. The van der Waals surface area contributed by atoms with E-state index in [0.29, 0.717) is 24.3 Å². The first-order valence-corrected chi connectivity index (χ1v) is 12.2. The molecule has 2 fully saturated rings. The molecule has 0 radical (unpaired) electrons. The Hall–Kier alpha value is -2.74. The topological polar surface area (TPSA) is 71.2 Å². The van der Waals surface area contributed by atoms with Crippen LogP contribution in [0.3, 0.4) is 0 Å². The van der Waals surface area contributed by atoms with Crippen LogP contribution in [0.4, 0.5) is 0 Å². The molecule has 32 heavy (non-hydrogen) atoms. The van der Waals surface area contributed by atoms with E-state index in [-0.39, 0.29) is 12.6 Å². The van der Waals surface area contributed by atoms with Crippen molar-refractivity contribution in [1.82, 2.24) is 19.3 Å². The highest BCUT2D eigenvalue weighted by Crippen LogP contribution is 2.46. The second-order valence-electron chi connectivity index (χ2n) is 8.99. The molecule has 2 aromatic heterocycles. The predicted molar refractivity (Wildman–Crippen MR) is 121 cm³/mol. The Kier molecular flexibility index (Phi) is 4.78. The number of benzene rings is 1. The van der Waals surface area contributed by atoms with Crippen LogP contribution in [0.2, 0.25) is 0 Å². The third kappa shape index (κ3) is 3.60. The Morgan fingerprint density at radius 2 is 1.91 bits per heavy atom. The van der Waals surface area contributed by atoms with Crippen molar-refractivity contribution in [2.75, 3.05) is 12.5 Å². The van der Waals surface area contributed by atoms with Crippen LogP contribution in [-0.4, -0.2) is 37.7 Å². The van der Waals surface area contributed by atoms with Gasteiger partial charge in [-0.3, -0.25) is 4.79 Å². The summed E-state index contributed by atoms with van der Waals surface area (Å²) in [7, 11) is 0. The summed E-state index contributed by atoms with van der Waals surface area (Å²) in [6, 6.07) is 8.55. The molecule has 3 heterocycles. The van der Waals surface area contributed by atoms with Gasteiger partial charge in [0.05, 0.1) is 5.75 Å². The molecule has 3 aliphatic rings. The van der Waals surface area contributed by atoms with Gasteiger partial charge in [0.1, 0.15) is 5.82 Å². The Morgan fingerprint density at radius 3 is 2.69 bits per heavy atom. The number of aryl methyl sites for hydroxylation is 1. The maximum Gasteiger partial charge on any atom is 0.231 e. The minimum absolute atomic E-state index is 0.137. The largest absolute Gasteiger partial charge is 0.454 e. The molecule has 0 atom stereocenters. The van der Waals surface area contributed by atoms with Gasteiger partial charge in [0.25, 0.3) is 0 Å². The molecule has 166 valence electrons. The van der Waals surface area contributed by atoms with Crippen LogP contribution in [0, 0.1) is 13.8 Å². The predicted octanol–water partition coefficient (Wildman–Crippen LogP) is 4.66. The Bertz CT molecular complexity index is 1210. The standard InChI is InChI=1S/C24H26N4O3S/c1-14-9-19(15(2)27(14)11-16-3-8-21-22(10-16)31-13-30-21)20(29)12-32-24-26-25-23(17-4-5-17)28(24)18-6-7-18/h3,8-10,17-18H,4-7,11-13H2,1-2H3. The van der Waals surface area contributed by atoms with Crippen molar-refractivity contribution in [2.24, 2.45) is 0 Å². The number of rotatable bonds is 8. The Labute approximate surface area is 191 Å². The minimum Gasteiger partial charge on any atom is -0.454 e. The van der Waals surface area contributed by atoms with E-state index in [1.54, 1.807) is 0 Å². The molecule has 0 bridgehead atoms. The lowest BCUT2D eigenvalue weighted by Gasteiger charge is -2.11. The van der Waals surface area contributed by atoms with Gasteiger partial charge in [-0.1, -0.05) is 17.8 Å². The highest BCUT2D eigenvalue weighted by Gasteiger charge is 2.36. The lowest BCUT2D eigenvalue weighted by Crippen LogP contribution is -2.08. The third-order valence-corrected chi connectivity index (χ3v) is 7.47. The van der Waals surface area contributed by atoms with E-state index in [1.165, 1.54) is 37.4 Å². The monoisotopic (exact) mass is 450 g/mol. The molecule has 0 spiro atoms. The molecule has 0 N–H and O–H groups in total. The molecule has 0 unspecified atom stereocenters. The fourth-order valence-corrected chi connectivity index (χ4v) is 5.34. The van der Waals surface area contributed by atoms with E-state index in [0.717, 1.165) is 45.0 Å². The second kappa shape index (κ2) is 7.69. The van der Waals surface area contributed by atoms with Gasteiger partial charge in [-0.2, -0.15) is 0 Å². The number of ketones is 1. The summed E-state index contributed by atoms with van der Waals surface area (Å²) in [4.78, 5) is 13.1. The number of fused-ring (bicyclic) bond motifs is 1. The molecular weight excluding hydrogens is 424 g/mol. The average Bonchev–Trinajstić information content (AvgIpc) is 3.71. The molecule has 2 saturated carbocycles. The Balaban J connectivity index is 1.18. The van der Waals surface area contributed by atoms with Crippen LogP contribution < -0.4 is 9.47 Å². The fourth-order valence-electron chi connectivity index (χ4n) is 4.44. The van der Waals surface area contributed by atoms with Gasteiger partial charge in [-0.05, 0) is 63.3 Å². The van der Waals surface area contributed by atoms with Crippen molar-refractivity contribution in [3.8, 4) is 11.5 Å². The van der Waals surface area contributed by atoms with Crippen LogP contribution in [0.5, 0.6) is 11.5 Å². The number of Topliss-reactive ketones (excluding diaryl/α,β-unsaturated/α-hetero) is 1. The first kappa shape index (κ1) is 19.9. The summed E-state index contributed by atoms with van der Waals surface area (Å²) in [6.45, 7) is 5.04. The summed E-state index contributed by atoms with van der Waals surface area (Å²) >= 11 is 1.53. The number of carbonyl (C=O) groups is 1. The van der Waals surface area contributed by atoms with E-state index in [9.17, 15) is 4.79 Å². The van der Waals surface area contributed by atoms with E-state index >= 15 is 0 Å². The highest BCUT2D eigenvalue weighted by atomic mass is 32.2. The molecule has 7 nitrogen and oxygen atoms in total. The molecule has 1 aromatic carbocycles. The van der Waals surface area contributed by atoms with Crippen molar-refractivity contribution in [2.45, 2.75) is 63.2 Å². The lowest BCUT2D eigenvalue weighted by molar-refractivity contribution is 0.102. The lowest BCUT2D eigenvalue weighted by atomic mass is 10.1. The minimum atomic E-state index is 0.137. The summed E-state index contributed by atoms with van der Waals surface area (Å²) in [6.07, 6.45) is 4.81. The quantitative estimate of drug-likeness (QED) is 0.367. The van der Waals surface area contributed by atoms with Gasteiger partial charge < -0.3 is 18.6 Å². The van der Waals surface area contributed by atoms with Crippen LogP contribution in [0.15, 0.2) is 29.4 Å². The number of hydrogen-bond donors (Lipinski definition) is 0. The zero-order valence-electron chi connectivity index (χ0n) is 18.3. The number of thioether (sulfide) groups is 1.